The van der Waals surface area contributed by atoms with Crippen molar-refractivity contribution in [1.82, 2.24) is 4.98 Å². The first-order valence-corrected chi connectivity index (χ1v) is 7.26. The fraction of sp³-hybridized carbons (Fsp3) is 0.353. The van der Waals surface area contributed by atoms with Crippen LogP contribution in [0, 0.1) is 0 Å². The number of hydrogen-bond acceptors (Lipinski definition) is 4. The molecule has 4 nitrogen and oxygen atoms in total. The van der Waals surface area contributed by atoms with Crippen molar-refractivity contribution in [3.05, 3.63) is 48.2 Å². The zero-order valence-electron chi connectivity index (χ0n) is 12.8. The van der Waals surface area contributed by atoms with E-state index in [1.807, 2.05) is 31.2 Å². The number of nitrogens with zero attached hydrogens (tertiary/aromatic N) is 1. The maximum Gasteiger partial charge on any atom is 0.213 e. The number of benzene rings is 1. The molecule has 1 aromatic heterocycles. The smallest absolute Gasteiger partial charge is 0.213 e. The molecule has 0 aliphatic heterocycles. The monoisotopic (exact) mass is 286 g/mol. The van der Waals surface area contributed by atoms with Gasteiger partial charge in [-0.2, -0.15) is 0 Å². The third-order valence-corrected chi connectivity index (χ3v) is 3.30. The second-order valence-electron chi connectivity index (χ2n) is 4.70. The summed E-state index contributed by atoms with van der Waals surface area (Å²) in [5.74, 6) is 1.52. The van der Waals surface area contributed by atoms with Gasteiger partial charge in [0.25, 0.3) is 0 Å². The average molecular weight is 286 g/mol. The molecule has 0 fully saturated rings. The molecule has 0 aliphatic carbocycles. The van der Waals surface area contributed by atoms with Gasteiger partial charge in [0.1, 0.15) is 5.75 Å². The highest BCUT2D eigenvalue weighted by atomic mass is 16.5. The van der Waals surface area contributed by atoms with Crippen LogP contribution < -0.4 is 14.8 Å². The number of ether oxygens (including phenoxy) is 2. The topological polar surface area (TPSA) is 43.4 Å². The molecule has 1 atom stereocenters. The molecule has 112 valence electrons. The van der Waals surface area contributed by atoms with Crippen LogP contribution in [0.3, 0.4) is 0 Å². The van der Waals surface area contributed by atoms with Crippen LogP contribution in [-0.4, -0.2) is 18.7 Å². The number of methoxy groups -OCH3 is 1. The second kappa shape index (κ2) is 7.53. The van der Waals surface area contributed by atoms with Crippen LogP contribution in [0.15, 0.2) is 42.6 Å². The van der Waals surface area contributed by atoms with Crippen molar-refractivity contribution in [2.24, 2.45) is 0 Å². The van der Waals surface area contributed by atoms with Gasteiger partial charge >= 0.3 is 0 Å². The average Bonchev–Trinajstić information content (AvgIpc) is 2.54. The van der Waals surface area contributed by atoms with Crippen molar-refractivity contribution in [3.63, 3.8) is 0 Å². The lowest BCUT2D eigenvalue weighted by atomic mass is 10.0. The Labute approximate surface area is 126 Å². The Morgan fingerprint density at radius 3 is 2.38 bits per heavy atom. The van der Waals surface area contributed by atoms with E-state index >= 15 is 0 Å². The Bertz CT molecular complexity index is 538. The van der Waals surface area contributed by atoms with E-state index in [0.717, 1.165) is 17.9 Å². The van der Waals surface area contributed by atoms with Gasteiger partial charge in [0.05, 0.1) is 31.6 Å². The number of aromatic nitrogens is 1. The second-order valence-corrected chi connectivity index (χ2v) is 4.70. The number of pyridine rings is 1. The molecular weight excluding hydrogens is 264 g/mol. The van der Waals surface area contributed by atoms with Gasteiger partial charge in [0, 0.05) is 6.07 Å². The molecule has 0 saturated carbocycles. The van der Waals surface area contributed by atoms with Crippen LogP contribution >= 0.6 is 0 Å². The third-order valence-electron chi connectivity index (χ3n) is 3.30. The SMILES string of the molecule is CCOc1ccc(NC(CC)c2ccc(OC)cc2)cn1. The van der Waals surface area contributed by atoms with E-state index in [1.165, 1.54) is 5.56 Å². The van der Waals surface area contributed by atoms with Gasteiger partial charge < -0.3 is 14.8 Å². The molecule has 1 N–H and O–H groups in total. The summed E-state index contributed by atoms with van der Waals surface area (Å²) in [4.78, 5) is 4.27. The molecular formula is C17H22N2O2. The standard InChI is InChI=1S/C17H22N2O2/c1-4-16(13-6-9-15(20-3)10-7-13)19-14-8-11-17(18-12-14)21-5-2/h6-12,16,19H,4-5H2,1-3H3. The van der Waals surface area contributed by atoms with E-state index in [-0.39, 0.29) is 6.04 Å². The molecule has 1 unspecified atom stereocenters. The fourth-order valence-corrected chi connectivity index (χ4v) is 2.16. The summed E-state index contributed by atoms with van der Waals surface area (Å²) >= 11 is 0. The summed E-state index contributed by atoms with van der Waals surface area (Å²) in [5.41, 5.74) is 2.22. The quantitative estimate of drug-likeness (QED) is 0.834. The van der Waals surface area contributed by atoms with Gasteiger partial charge in [0.2, 0.25) is 5.88 Å². The fourth-order valence-electron chi connectivity index (χ4n) is 2.16. The largest absolute Gasteiger partial charge is 0.497 e. The Morgan fingerprint density at radius 1 is 1.10 bits per heavy atom. The molecule has 0 aliphatic rings. The van der Waals surface area contributed by atoms with E-state index in [4.69, 9.17) is 9.47 Å². The summed E-state index contributed by atoms with van der Waals surface area (Å²) in [6.45, 7) is 4.73. The van der Waals surface area contributed by atoms with Crippen molar-refractivity contribution in [2.75, 3.05) is 19.0 Å². The van der Waals surface area contributed by atoms with Crippen LogP contribution in [0.25, 0.3) is 0 Å². The highest BCUT2D eigenvalue weighted by Gasteiger charge is 2.09. The predicted octanol–water partition coefficient (Wildman–Crippen LogP) is 4.05. The number of rotatable bonds is 7. The lowest BCUT2D eigenvalue weighted by Gasteiger charge is -2.19. The van der Waals surface area contributed by atoms with Gasteiger partial charge in [0.15, 0.2) is 0 Å². The molecule has 1 aromatic carbocycles. The van der Waals surface area contributed by atoms with Crippen LogP contribution in [0.1, 0.15) is 31.9 Å². The molecule has 4 heteroatoms. The lowest BCUT2D eigenvalue weighted by molar-refractivity contribution is 0.327. The van der Waals surface area contributed by atoms with E-state index in [0.29, 0.717) is 12.5 Å². The van der Waals surface area contributed by atoms with Crippen LogP contribution in [0.4, 0.5) is 5.69 Å². The van der Waals surface area contributed by atoms with E-state index < -0.39 is 0 Å². The normalized spacial score (nSPS) is 11.8. The van der Waals surface area contributed by atoms with Crippen molar-refractivity contribution < 1.29 is 9.47 Å². The summed E-state index contributed by atoms with van der Waals surface area (Å²) in [7, 11) is 1.68. The molecule has 1 heterocycles. The molecule has 0 radical (unpaired) electrons. The number of hydrogen-bond donors (Lipinski definition) is 1. The zero-order chi connectivity index (χ0) is 15.1. The van der Waals surface area contributed by atoms with E-state index in [2.05, 4.69) is 29.4 Å². The molecule has 2 aromatic rings. The maximum absolute atomic E-state index is 5.35. The molecule has 0 bridgehead atoms. The van der Waals surface area contributed by atoms with Crippen molar-refractivity contribution in [1.29, 1.82) is 0 Å². The zero-order valence-corrected chi connectivity index (χ0v) is 12.8. The minimum atomic E-state index is 0.246. The van der Waals surface area contributed by atoms with Gasteiger partial charge in [-0.25, -0.2) is 4.98 Å². The van der Waals surface area contributed by atoms with Crippen molar-refractivity contribution in [2.45, 2.75) is 26.3 Å². The van der Waals surface area contributed by atoms with E-state index in [1.54, 1.807) is 13.3 Å². The molecule has 21 heavy (non-hydrogen) atoms. The highest BCUT2D eigenvalue weighted by Crippen LogP contribution is 2.24. The van der Waals surface area contributed by atoms with Crippen molar-refractivity contribution in [3.8, 4) is 11.6 Å². The Kier molecular flexibility index (Phi) is 5.43. The minimum Gasteiger partial charge on any atom is -0.497 e. The van der Waals surface area contributed by atoms with Gasteiger partial charge in [-0.15, -0.1) is 0 Å². The first-order chi connectivity index (χ1) is 10.3. The summed E-state index contributed by atoms with van der Waals surface area (Å²) < 4.78 is 10.5. The Morgan fingerprint density at radius 2 is 1.86 bits per heavy atom. The summed E-state index contributed by atoms with van der Waals surface area (Å²) in [6, 6.07) is 12.3. The first-order valence-electron chi connectivity index (χ1n) is 7.26. The first kappa shape index (κ1) is 15.2. The maximum atomic E-state index is 5.35. The Hall–Kier alpha value is -2.23. The Balaban J connectivity index is 2.06. The van der Waals surface area contributed by atoms with E-state index in [9.17, 15) is 0 Å². The highest BCUT2D eigenvalue weighted by molar-refractivity contribution is 5.45. The minimum absolute atomic E-state index is 0.246. The summed E-state index contributed by atoms with van der Waals surface area (Å²) in [5, 5.41) is 3.49. The molecule has 2 rings (SSSR count). The third kappa shape index (κ3) is 4.12. The number of nitrogens with one attached hydrogen (secondary N) is 1. The van der Waals surface area contributed by atoms with Gasteiger partial charge in [-0.1, -0.05) is 19.1 Å². The van der Waals surface area contributed by atoms with Crippen LogP contribution in [-0.2, 0) is 0 Å². The predicted molar refractivity (Wildman–Crippen MR) is 85.1 cm³/mol. The van der Waals surface area contributed by atoms with Crippen LogP contribution in [0.5, 0.6) is 11.6 Å². The van der Waals surface area contributed by atoms with Gasteiger partial charge in [-0.05, 0) is 37.1 Å². The molecule has 0 spiro atoms. The van der Waals surface area contributed by atoms with Gasteiger partial charge in [-0.3, -0.25) is 0 Å². The van der Waals surface area contributed by atoms with Crippen LogP contribution in [0.2, 0.25) is 0 Å². The van der Waals surface area contributed by atoms with Crippen molar-refractivity contribution >= 4 is 5.69 Å². The molecule has 0 amide bonds. The summed E-state index contributed by atoms with van der Waals surface area (Å²) in [6.07, 6.45) is 2.79. The molecule has 0 saturated heterocycles. The number of anilines is 1. The lowest BCUT2D eigenvalue weighted by Crippen LogP contribution is -2.10.